The zero-order chi connectivity index (χ0) is 28.2. The molecule has 0 amide bonds. The minimum absolute atomic E-state index is 0.133. The first-order valence-corrected chi connectivity index (χ1v) is 14.0. The lowest BCUT2D eigenvalue weighted by Gasteiger charge is -2.34. The van der Waals surface area contributed by atoms with E-state index in [1.165, 1.54) is 11.3 Å². The van der Waals surface area contributed by atoms with Crippen LogP contribution in [0, 0.1) is 24.2 Å². The fourth-order valence-corrected chi connectivity index (χ4v) is 5.46. The highest BCUT2D eigenvalue weighted by atomic mass is 32.1. The van der Waals surface area contributed by atoms with Crippen LogP contribution >= 0.6 is 11.3 Å². The number of thiazole rings is 1. The van der Waals surface area contributed by atoms with Crippen LogP contribution in [0.1, 0.15) is 75.8 Å². The van der Waals surface area contributed by atoms with Gasteiger partial charge in [-0.15, -0.1) is 11.3 Å². The van der Waals surface area contributed by atoms with Gasteiger partial charge < -0.3 is 20.7 Å². The predicted molar refractivity (Wildman–Crippen MR) is 147 cm³/mol. The van der Waals surface area contributed by atoms with Gasteiger partial charge in [-0.2, -0.15) is 0 Å². The predicted octanol–water partition coefficient (Wildman–Crippen LogP) is 3.70. The quantitative estimate of drug-likeness (QED) is 0.481. The monoisotopic (exact) mass is 544 g/mol. The highest BCUT2D eigenvalue weighted by Crippen LogP contribution is 2.32. The molecule has 1 aliphatic rings. The minimum Gasteiger partial charge on any atom is -0.457 e. The summed E-state index contributed by atoms with van der Waals surface area (Å²) in [4.78, 5) is 39.5. The van der Waals surface area contributed by atoms with Crippen molar-refractivity contribution >= 4 is 35.1 Å². The number of ketones is 1. The number of esters is 1. The Labute approximate surface area is 228 Å². The van der Waals surface area contributed by atoms with Crippen molar-refractivity contribution in [2.45, 2.75) is 92.0 Å². The molecule has 0 spiro atoms. The third-order valence-electron chi connectivity index (χ3n) is 7.59. The molecule has 2 aromatic heterocycles. The number of hydrogen-bond donors (Lipinski definition) is 3. The number of Topliss-reactive ketones (excluding diaryl/α,β-unsaturated/α-hetero) is 1. The van der Waals surface area contributed by atoms with Crippen molar-refractivity contribution in [3.63, 3.8) is 0 Å². The van der Waals surface area contributed by atoms with Crippen LogP contribution < -0.4 is 5.73 Å². The van der Waals surface area contributed by atoms with Crippen LogP contribution in [0.25, 0.3) is 6.08 Å². The number of rotatable bonds is 2. The number of cyclic esters (lactones) is 1. The third-order valence-corrected chi connectivity index (χ3v) is 8.38. The van der Waals surface area contributed by atoms with Crippen LogP contribution in [0.4, 0.5) is 5.95 Å². The molecule has 1 aliphatic heterocycles. The lowest BCUT2D eigenvalue weighted by Crippen LogP contribution is -2.45. The second-order valence-corrected chi connectivity index (χ2v) is 12.1. The molecule has 0 radical (unpaired) electrons. The first-order chi connectivity index (χ1) is 17.8. The van der Waals surface area contributed by atoms with E-state index in [1.807, 2.05) is 32.2 Å². The van der Waals surface area contributed by atoms with E-state index in [2.05, 4.69) is 15.0 Å². The van der Waals surface area contributed by atoms with Crippen LogP contribution in [0.3, 0.4) is 0 Å². The molecule has 10 heteroatoms. The summed E-state index contributed by atoms with van der Waals surface area (Å²) in [5.74, 6) is -1.63. The molecule has 3 heterocycles. The smallest absolute Gasteiger partial charge is 0.309 e. The molecule has 0 fully saturated rings. The summed E-state index contributed by atoms with van der Waals surface area (Å²) in [6, 6.07) is 0. The molecule has 0 saturated carbocycles. The van der Waals surface area contributed by atoms with Crippen molar-refractivity contribution in [1.29, 1.82) is 0 Å². The summed E-state index contributed by atoms with van der Waals surface area (Å²) in [6.45, 7) is 10.6. The van der Waals surface area contributed by atoms with Gasteiger partial charge in [-0.1, -0.05) is 27.7 Å². The van der Waals surface area contributed by atoms with Crippen molar-refractivity contribution in [3.05, 3.63) is 39.1 Å². The minimum atomic E-state index is -1.28. The van der Waals surface area contributed by atoms with Crippen LogP contribution in [-0.2, 0) is 27.2 Å². The van der Waals surface area contributed by atoms with E-state index in [4.69, 9.17) is 10.5 Å². The van der Waals surface area contributed by atoms with Gasteiger partial charge in [0.1, 0.15) is 11.9 Å². The zero-order valence-electron chi connectivity index (χ0n) is 23.1. The lowest BCUT2D eigenvalue weighted by molar-refractivity contribution is -0.154. The number of aliphatic hydroxyl groups is 2. The Morgan fingerprint density at radius 2 is 1.92 bits per heavy atom. The highest BCUT2D eigenvalue weighted by molar-refractivity contribution is 7.09. The van der Waals surface area contributed by atoms with Crippen molar-refractivity contribution in [2.24, 2.45) is 17.3 Å². The molecule has 38 heavy (non-hydrogen) atoms. The normalized spacial score (nSPS) is 28.0. The maximum absolute atomic E-state index is 13.3. The molecule has 4 N–H and O–H groups in total. The highest BCUT2D eigenvalue weighted by Gasteiger charge is 2.42. The van der Waals surface area contributed by atoms with Gasteiger partial charge in [-0.05, 0) is 56.2 Å². The van der Waals surface area contributed by atoms with Crippen molar-refractivity contribution in [1.82, 2.24) is 15.0 Å². The van der Waals surface area contributed by atoms with Crippen molar-refractivity contribution in [2.75, 3.05) is 5.73 Å². The molecule has 0 saturated heterocycles. The summed E-state index contributed by atoms with van der Waals surface area (Å²) in [6.07, 6.45) is 2.71. The number of carbonyl (C=O) groups is 2. The maximum atomic E-state index is 13.3. The van der Waals surface area contributed by atoms with Gasteiger partial charge in [0.25, 0.3) is 0 Å². The van der Waals surface area contributed by atoms with Gasteiger partial charge in [-0.3, -0.25) is 9.59 Å². The number of nitrogens with two attached hydrogens (primary N) is 1. The first kappa shape index (κ1) is 29.9. The fraction of sp³-hybridized carbons (Fsp3) is 0.607. The van der Waals surface area contributed by atoms with Gasteiger partial charge in [0.05, 0.1) is 40.4 Å². The van der Waals surface area contributed by atoms with Gasteiger partial charge >= 0.3 is 5.97 Å². The maximum Gasteiger partial charge on any atom is 0.309 e. The largest absolute Gasteiger partial charge is 0.457 e. The van der Waals surface area contributed by atoms with E-state index in [1.54, 1.807) is 27.0 Å². The summed E-state index contributed by atoms with van der Waals surface area (Å²) in [7, 11) is 0. The molecular formula is C28H40N4O5S. The molecule has 2 aromatic rings. The lowest BCUT2D eigenvalue weighted by atomic mass is 9.73. The summed E-state index contributed by atoms with van der Waals surface area (Å²) >= 11 is 1.53. The second-order valence-electron chi connectivity index (χ2n) is 11.0. The average Bonchev–Trinajstić information content (AvgIpc) is 3.26. The molecule has 0 aromatic carbocycles. The van der Waals surface area contributed by atoms with Crippen LogP contribution in [0.2, 0.25) is 0 Å². The Morgan fingerprint density at radius 3 is 2.58 bits per heavy atom. The number of nitrogen functional groups attached to an aromatic ring is 1. The summed E-state index contributed by atoms with van der Waals surface area (Å²) < 4.78 is 5.90. The number of nitrogens with zero attached hydrogens (tertiary/aromatic N) is 3. The van der Waals surface area contributed by atoms with Crippen molar-refractivity contribution < 1.29 is 24.5 Å². The number of anilines is 1. The van der Waals surface area contributed by atoms with E-state index in [0.717, 1.165) is 28.3 Å². The topological polar surface area (TPSA) is 149 Å². The average molecular weight is 545 g/mol. The number of fused-ring (bicyclic) bond motifs is 1. The molecule has 5 atom stereocenters. The Hall–Kier alpha value is -2.69. The number of aliphatic hydroxyl groups excluding tert-OH is 2. The number of ether oxygens (including phenoxy) is 1. The Bertz CT molecular complexity index is 1180. The third kappa shape index (κ3) is 7.24. The number of aryl methyl sites for hydroxylation is 2. The van der Waals surface area contributed by atoms with Gasteiger partial charge in [0, 0.05) is 23.9 Å². The Kier molecular flexibility index (Phi) is 9.78. The number of carbonyl (C=O) groups excluding carboxylic acids is 2. The van der Waals surface area contributed by atoms with Crippen LogP contribution in [0.5, 0.6) is 0 Å². The summed E-state index contributed by atoms with van der Waals surface area (Å²) in [5, 5.41) is 24.7. The second kappa shape index (κ2) is 12.4. The Morgan fingerprint density at radius 1 is 1.21 bits per heavy atom. The standard InChI is InChI=1S/C28H40N4O5S/c1-15-8-7-9-19-13-30-27(29)32-21(19)11-22(16(2)10-20-14-38-18(4)31-20)37-24(34)12-23(33)28(5,6)26(36)17(3)25(15)35/h10,13-15,17,22-23,25,33,35H,7-9,11-12H2,1-6H3,(H2,29,30,32)/t15-,17+,22-,23-,25-/m0/s1. The van der Waals surface area contributed by atoms with E-state index in [-0.39, 0.29) is 30.5 Å². The van der Waals surface area contributed by atoms with Gasteiger partial charge in [0.2, 0.25) is 5.95 Å². The van der Waals surface area contributed by atoms with Gasteiger partial charge in [-0.25, -0.2) is 15.0 Å². The zero-order valence-corrected chi connectivity index (χ0v) is 23.9. The van der Waals surface area contributed by atoms with Crippen molar-refractivity contribution in [3.8, 4) is 0 Å². The molecular weight excluding hydrogens is 504 g/mol. The Balaban J connectivity index is 2.00. The SMILES string of the molecule is CC(=Cc1csc(C)n1)[C@@H]1Cc2nc(N)ncc2CCC[C@H](C)[C@H](O)[C@@H](C)C(=O)C(C)(C)[C@@H](O)CC(=O)O1. The first-order valence-electron chi connectivity index (χ1n) is 13.1. The van der Waals surface area contributed by atoms with E-state index in [9.17, 15) is 19.8 Å². The number of hydrogen-bond acceptors (Lipinski definition) is 10. The van der Waals surface area contributed by atoms with E-state index >= 15 is 0 Å². The molecule has 0 unspecified atom stereocenters. The molecule has 3 rings (SSSR count). The number of aromatic nitrogens is 3. The van der Waals surface area contributed by atoms with Crippen LogP contribution in [0.15, 0.2) is 17.2 Å². The van der Waals surface area contributed by atoms with Crippen LogP contribution in [-0.4, -0.2) is 55.2 Å². The van der Waals surface area contributed by atoms with Gasteiger partial charge in [0.15, 0.2) is 0 Å². The van der Waals surface area contributed by atoms with E-state index in [0.29, 0.717) is 18.5 Å². The van der Waals surface area contributed by atoms with E-state index < -0.39 is 35.6 Å². The fourth-order valence-electron chi connectivity index (χ4n) is 4.89. The molecule has 0 aliphatic carbocycles. The molecule has 208 valence electrons. The molecule has 9 nitrogen and oxygen atoms in total. The summed E-state index contributed by atoms with van der Waals surface area (Å²) in [5.41, 5.74) is 7.78. The molecule has 0 bridgehead atoms.